The van der Waals surface area contributed by atoms with Gasteiger partial charge in [0.15, 0.2) is 0 Å². The number of pyridine rings is 1. The van der Waals surface area contributed by atoms with E-state index >= 15 is 0 Å². The van der Waals surface area contributed by atoms with Gasteiger partial charge in [0.2, 0.25) is 0 Å². The van der Waals surface area contributed by atoms with Crippen molar-refractivity contribution < 1.29 is 0 Å². The van der Waals surface area contributed by atoms with Crippen LogP contribution in [-0.4, -0.2) is 53.0 Å². The molecule has 1 aromatic heterocycles. The van der Waals surface area contributed by atoms with Crippen molar-refractivity contribution in [3.8, 4) is 0 Å². The molecule has 2 aliphatic heterocycles. The monoisotopic (exact) mass is 274 g/mol. The third kappa shape index (κ3) is 2.96. The topological polar surface area (TPSA) is 31.4 Å². The van der Waals surface area contributed by atoms with Crippen LogP contribution in [0.25, 0.3) is 0 Å². The van der Waals surface area contributed by atoms with Gasteiger partial charge in [-0.3, -0.25) is 9.80 Å². The molecular formula is C16H26N4. The second-order valence-electron chi connectivity index (χ2n) is 6.15. The fraction of sp³-hybridized carbons (Fsp3) is 0.688. The number of nitrogens with zero attached hydrogens (tertiary/aromatic N) is 3. The Morgan fingerprint density at radius 3 is 3.00 bits per heavy atom. The van der Waals surface area contributed by atoms with Gasteiger partial charge in [0.25, 0.3) is 0 Å². The summed E-state index contributed by atoms with van der Waals surface area (Å²) in [4.78, 5) is 9.77. The van der Waals surface area contributed by atoms with Gasteiger partial charge in [0.05, 0.1) is 0 Å². The van der Waals surface area contributed by atoms with Crippen molar-refractivity contribution in [2.75, 3.05) is 31.5 Å². The molecule has 1 N–H and O–H groups in total. The summed E-state index contributed by atoms with van der Waals surface area (Å²) in [6.45, 7) is 10.2. The Labute approximate surface area is 122 Å². The Balaban J connectivity index is 1.61. The number of hydrogen-bond acceptors (Lipinski definition) is 4. The standard InChI is InChI=1S/C16H26N4/c1-3-17-16-7-6-14(9-18-16)11-20-12-15-5-4-8-19(15)10-13(20)2/h6-7,9,13,15H,3-5,8,10-12H2,1-2H3,(H,17,18). The first-order valence-electron chi connectivity index (χ1n) is 7.93. The highest BCUT2D eigenvalue weighted by atomic mass is 15.3. The summed E-state index contributed by atoms with van der Waals surface area (Å²) in [6, 6.07) is 5.74. The normalized spacial score (nSPS) is 27.5. The molecule has 0 aliphatic carbocycles. The van der Waals surface area contributed by atoms with Gasteiger partial charge in [0, 0.05) is 44.5 Å². The second-order valence-corrected chi connectivity index (χ2v) is 6.15. The van der Waals surface area contributed by atoms with Crippen LogP contribution in [0.3, 0.4) is 0 Å². The van der Waals surface area contributed by atoms with Crippen LogP contribution in [0.5, 0.6) is 0 Å². The molecule has 0 saturated carbocycles. The summed E-state index contributed by atoms with van der Waals surface area (Å²) in [5.74, 6) is 0.977. The number of rotatable bonds is 4. The predicted molar refractivity (Wildman–Crippen MR) is 82.9 cm³/mol. The van der Waals surface area contributed by atoms with Crippen molar-refractivity contribution in [2.45, 2.75) is 45.3 Å². The second kappa shape index (κ2) is 6.10. The molecule has 2 saturated heterocycles. The SMILES string of the molecule is CCNc1ccc(CN2CC3CCCN3CC2C)cn1. The van der Waals surface area contributed by atoms with Crippen molar-refractivity contribution in [1.29, 1.82) is 0 Å². The summed E-state index contributed by atoms with van der Waals surface area (Å²) < 4.78 is 0. The van der Waals surface area contributed by atoms with Gasteiger partial charge in [-0.1, -0.05) is 6.07 Å². The zero-order valence-corrected chi connectivity index (χ0v) is 12.7. The van der Waals surface area contributed by atoms with Gasteiger partial charge >= 0.3 is 0 Å². The highest BCUT2D eigenvalue weighted by molar-refractivity contribution is 5.35. The molecule has 0 amide bonds. The summed E-state index contributed by atoms with van der Waals surface area (Å²) in [5.41, 5.74) is 1.32. The summed E-state index contributed by atoms with van der Waals surface area (Å²) >= 11 is 0. The minimum atomic E-state index is 0.651. The highest BCUT2D eigenvalue weighted by Crippen LogP contribution is 2.25. The molecule has 2 fully saturated rings. The van der Waals surface area contributed by atoms with Crippen LogP contribution in [-0.2, 0) is 6.54 Å². The quantitative estimate of drug-likeness (QED) is 0.912. The van der Waals surface area contributed by atoms with E-state index in [0.29, 0.717) is 6.04 Å². The molecule has 0 bridgehead atoms. The summed E-state index contributed by atoms with van der Waals surface area (Å²) in [5, 5.41) is 3.25. The molecule has 1 aromatic rings. The van der Waals surface area contributed by atoms with Crippen LogP contribution in [0.15, 0.2) is 18.3 Å². The molecule has 110 valence electrons. The van der Waals surface area contributed by atoms with Crippen LogP contribution < -0.4 is 5.32 Å². The van der Waals surface area contributed by atoms with E-state index in [0.717, 1.165) is 24.9 Å². The summed E-state index contributed by atoms with van der Waals surface area (Å²) in [6.07, 6.45) is 4.77. The maximum Gasteiger partial charge on any atom is 0.125 e. The molecule has 2 aliphatic rings. The number of anilines is 1. The molecule has 2 atom stereocenters. The average molecular weight is 274 g/mol. The zero-order chi connectivity index (χ0) is 13.9. The molecular weight excluding hydrogens is 248 g/mol. The van der Waals surface area contributed by atoms with E-state index in [-0.39, 0.29) is 0 Å². The van der Waals surface area contributed by atoms with Crippen molar-refractivity contribution in [1.82, 2.24) is 14.8 Å². The maximum absolute atomic E-state index is 4.48. The molecule has 0 spiro atoms. The van der Waals surface area contributed by atoms with Crippen LogP contribution >= 0.6 is 0 Å². The Morgan fingerprint density at radius 1 is 1.35 bits per heavy atom. The van der Waals surface area contributed by atoms with Crippen LogP contribution in [0, 0.1) is 0 Å². The highest BCUT2D eigenvalue weighted by Gasteiger charge is 2.34. The number of nitrogens with one attached hydrogen (secondary N) is 1. The molecule has 0 radical (unpaired) electrons. The number of piperazine rings is 1. The van der Waals surface area contributed by atoms with Gasteiger partial charge in [0.1, 0.15) is 5.82 Å². The first kappa shape index (κ1) is 13.8. The first-order chi connectivity index (χ1) is 9.76. The zero-order valence-electron chi connectivity index (χ0n) is 12.7. The van der Waals surface area contributed by atoms with Gasteiger partial charge in [-0.2, -0.15) is 0 Å². The molecule has 20 heavy (non-hydrogen) atoms. The van der Waals surface area contributed by atoms with Crippen molar-refractivity contribution in [2.24, 2.45) is 0 Å². The fourth-order valence-electron chi connectivity index (χ4n) is 3.51. The van der Waals surface area contributed by atoms with Gasteiger partial charge in [-0.15, -0.1) is 0 Å². The lowest BCUT2D eigenvalue weighted by atomic mass is 10.1. The first-order valence-corrected chi connectivity index (χ1v) is 7.93. The Morgan fingerprint density at radius 2 is 2.25 bits per heavy atom. The smallest absolute Gasteiger partial charge is 0.125 e. The molecule has 3 heterocycles. The van der Waals surface area contributed by atoms with E-state index in [1.165, 1.54) is 38.0 Å². The molecule has 2 unspecified atom stereocenters. The third-order valence-corrected chi connectivity index (χ3v) is 4.63. The summed E-state index contributed by atoms with van der Waals surface area (Å²) in [7, 11) is 0. The van der Waals surface area contributed by atoms with Crippen LogP contribution in [0.1, 0.15) is 32.3 Å². The largest absolute Gasteiger partial charge is 0.370 e. The molecule has 0 aromatic carbocycles. The lowest BCUT2D eigenvalue weighted by Gasteiger charge is -2.42. The molecule has 4 nitrogen and oxygen atoms in total. The van der Waals surface area contributed by atoms with E-state index in [4.69, 9.17) is 0 Å². The van der Waals surface area contributed by atoms with Gasteiger partial charge in [-0.25, -0.2) is 4.98 Å². The third-order valence-electron chi connectivity index (χ3n) is 4.63. The van der Waals surface area contributed by atoms with Crippen molar-refractivity contribution in [3.63, 3.8) is 0 Å². The molecule has 4 heteroatoms. The van der Waals surface area contributed by atoms with Gasteiger partial charge < -0.3 is 5.32 Å². The van der Waals surface area contributed by atoms with E-state index in [1.54, 1.807) is 0 Å². The Hall–Kier alpha value is -1.13. The minimum Gasteiger partial charge on any atom is -0.370 e. The average Bonchev–Trinajstić information content (AvgIpc) is 2.89. The van der Waals surface area contributed by atoms with Crippen molar-refractivity contribution in [3.05, 3.63) is 23.9 Å². The number of aromatic nitrogens is 1. The van der Waals surface area contributed by atoms with E-state index in [9.17, 15) is 0 Å². The Kier molecular flexibility index (Phi) is 4.22. The predicted octanol–water partition coefficient (Wildman–Crippen LogP) is 2.18. The Bertz CT molecular complexity index is 431. The fourth-order valence-corrected chi connectivity index (χ4v) is 3.51. The lowest BCUT2D eigenvalue weighted by molar-refractivity contribution is 0.0540. The van der Waals surface area contributed by atoms with E-state index in [1.807, 2.05) is 6.20 Å². The van der Waals surface area contributed by atoms with Crippen LogP contribution in [0.2, 0.25) is 0 Å². The minimum absolute atomic E-state index is 0.651. The molecule has 3 rings (SSSR count). The maximum atomic E-state index is 4.48. The van der Waals surface area contributed by atoms with E-state index < -0.39 is 0 Å². The number of hydrogen-bond donors (Lipinski definition) is 1. The van der Waals surface area contributed by atoms with Crippen LogP contribution in [0.4, 0.5) is 5.82 Å². The van der Waals surface area contributed by atoms with Crippen molar-refractivity contribution >= 4 is 5.82 Å². The lowest BCUT2D eigenvalue weighted by Crippen LogP contribution is -2.54. The number of fused-ring (bicyclic) bond motifs is 1. The van der Waals surface area contributed by atoms with Gasteiger partial charge in [-0.05, 0) is 44.9 Å². The van der Waals surface area contributed by atoms with E-state index in [2.05, 4.69) is 46.1 Å².